The molecular formula is C15H19N5O3. The van der Waals surface area contributed by atoms with E-state index in [1.165, 1.54) is 0 Å². The van der Waals surface area contributed by atoms with E-state index in [9.17, 15) is 10.1 Å². The van der Waals surface area contributed by atoms with Crippen LogP contribution in [0.4, 0.5) is 17.5 Å². The van der Waals surface area contributed by atoms with Crippen LogP contribution >= 0.6 is 0 Å². The molecule has 0 aliphatic carbocycles. The lowest BCUT2D eigenvalue weighted by Gasteiger charge is -2.27. The molecule has 23 heavy (non-hydrogen) atoms. The monoisotopic (exact) mass is 317 g/mol. The van der Waals surface area contributed by atoms with Gasteiger partial charge >= 0.3 is 5.69 Å². The SMILES string of the molecule is Cc1nc(NCc2ccco2)nc(N2CCCCC2)c1[N+](=O)[O-]. The van der Waals surface area contributed by atoms with Crippen LogP contribution in [0.2, 0.25) is 0 Å². The van der Waals surface area contributed by atoms with E-state index >= 15 is 0 Å². The summed E-state index contributed by atoms with van der Waals surface area (Å²) in [5.74, 6) is 1.54. The Morgan fingerprint density at radius 1 is 1.35 bits per heavy atom. The van der Waals surface area contributed by atoms with Gasteiger partial charge in [-0.2, -0.15) is 4.98 Å². The summed E-state index contributed by atoms with van der Waals surface area (Å²) in [6.45, 7) is 3.65. The van der Waals surface area contributed by atoms with Gasteiger partial charge in [0.15, 0.2) is 0 Å². The molecule has 2 aromatic rings. The highest BCUT2D eigenvalue weighted by molar-refractivity contribution is 5.62. The van der Waals surface area contributed by atoms with Gasteiger partial charge in [0.05, 0.1) is 17.7 Å². The van der Waals surface area contributed by atoms with Crippen molar-refractivity contribution in [3.05, 3.63) is 40.0 Å². The lowest BCUT2D eigenvalue weighted by Crippen LogP contribution is -2.31. The lowest BCUT2D eigenvalue weighted by molar-refractivity contribution is -0.385. The zero-order valence-corrected chi connectivity index (χ0v) is 13.0. The Morgan fingerprint density at radius 2 is 2.13 bits per heavy atom. The maximum absolute atomic E-state index is 11.4. The van der Waals surface area contributed by atoms with E-state index in [0.717, 1.165) is 38.1 Å². The van der Waals surface area contributed by atoms with Crippen molar-refractivity contribution in [1.29, 1.82) is 0 Å². The molecule has 122 valence electrons. The van der Waals surface area contributed by atoms with Crippen LogP contribution in [0.3, 0.4) is 0 Å². The molecule has 1 saturated heterocycles. The standard InChI is InChI=1S/C15H19N5O3/c1-11-13(20(21)22)14(19-7-3-2-4-8-19)18-15(17-11)16-10-12-6-5-9-23-12/h5-6,9H,2-4,7-8,10H2,1H3,(H,16,17,18). The molecule has 3 rings (SSSR count). The minimum Gasteiger partial charge on any atom is -0.467 e. The van der Waals surface area contributed by atoms with E-state index in [4.69, 9.17) is 4.42 Å². The number of aromatic nitrogens is 2. The minimum absolute atomic E-state index is 0.00421. The fourth-order valence-corrected chi connectivity index (χ4v) is 2.75. The fraction of sp³-hybridized carbons (Fsp3) is 0.467. The first-order valence-corrected chi connectivity index (χ1v) is 7.69. The third kappa shape index (κ3) is 3.41. The van der Waals surface area contributed by atoms with Gasteiger partial charge in [0.25, 0.3) is 0 Å². The van der Waals surface area contributed by atoms with Gasteiger partial charge in [-0.1, -0.05) is 0 Å². The van der Waals surface area contributed by atoms with Gasteiger partial charge in [-0.05, 0) is 38.3 Å². The van der Waals surface area contributed by atoms with E-state index in [0.29, 0.717) is 24.0 Å². The molecule has 1 fully saturated rings. The quantitative estimate of drug-likeness (QED) is 0.668. The van der Waals surface area contributed by atoms with Gasteiger partial charge in [-0.3, -0.25) is 10.1 Å². The van der Waals surface area contributed by atoms with Gasteiger partial charge < -0.3 is 14.6 Å². The van der Waals surface area contributed by atoms with Crippen molar-refractivity contribution in [2.24, 2.45) is 0 Å². The number of anilines is 2. The summed E-state index contributed by atoms with van der Waals surface area (Å²) >= 11 is 0. The molecule has 0 bridgehead atoms. The summed E-state index contributed by atoms with van der Waals surface area (Å²) < 4.78 is 5.26. The van der Waals surface area contributed by atoms with Gasteiger partial charge in [-0.15, -0.1) is 0 Å². The topological polar surface area (TPSA) is 97.3 Å². The smallest absolute Gasteiger partial charge is 0.332 e. The van der Waals surface area contributed by atoms with Crippen LogP contribution in [0.15, 0.2) is 22.8 Å². The summed E-state index contributed by atoms with van der Waals surface area (Å²) in [5, 5.41) is 14.5. The van der Waals surface area contributed by atoms with Crippen molar-refractivity contribution in [2.75, 3.05) is 23.3 Å². The molecule has 0 saturated carbocycles. The first kappa shape index (κ1) is 15.3. The van der Waals surface area contributed by atoms with Crippen molar-refractivity contribution in [3.63, 3.8) is 0 Å². The van der Waals surface area contributed by atoms with E-state index in [1.54, 1.807) is 19.3 Å². The largest absolute Gasteiger partial charge is 0.467 e. The maximum atomic E-state index is 11.4. The van der Waals surface area contributed by atoms with Crippen molar-refractivity contribution in [2.45, 2.75) is 32.7 Å². The van der Waals surface area contributed by atoms with E-state index < -0.39 is 4.92 Å². The van der Waals surface area contributed by atoms with Gasteiger partial charge in [0, 0.05) is 13.1 Å². The summed E-state index contributed by atoms with van der Waals surface area (Å²) in [6, 6.07) is 3.65. The summed E-state index contributed by atoms with van der Waals surface area (Å²) in [6.07, 6.45) is 4.79. The number of hydrogen-bond acceptors (Lipinski definition) is 7. The van der Waals surface area contributed by atoms with Crippen LogP contribution in [0.1, 0.15) is 30.7 Å². The number of aryl methyl sites for hydroxylation is 1. The van der Waals surface area contributed by atoms with Crippen LogP contribution in [-0.4, -0.2) is 28.0 Å². The normalized spacial score (nSPS) is 14.7. The second-order valence-electron chi connectivity index (χ2n) is 5.54. The van der Waals surface area contributed by atoms with Crippen molar-refractivity contribution < 1.29 is 9.34 Å². The first-order chi connectivity index (χ1) is 11.1. The molecule has 0 unspecified atom stereocenters. The van der Waals surface area contributed by atoms with Crippen molar-refractivity contribution >= 4 is 17.5 Å². The van der Waals surface area contributed by atoms with Crippen LogP contribution in [0, 0.1) is 17.0 Å². The molecular weight excluding hydrogens is 298 g/mol. The highest BCUT2D eigenvalue weighted by Gasteiger charge is 2.27. The van der Waals surface area contributed by atoms with Gasteiger partial charge in [-0.25, -0.2) is 4.98 Å². The predicted molar refractivity (Wildman–Crippen MR) is 85.5 cm³/mol. The number of piperidine rings is 1. The molecule has 8 nitrogen and oxygen atoms in total. The second kappa shape index (κ2) is 6.64. The molecule has 0 atom stereocenters. The molecule has 0 amide bonds. The Morgan fingerprint density at radius 3 is 2.78 bits per heavy atom. The molecule has 3 heterocycles. The Balaban J connectivity index is 1.88. The molecule has 0 radical (unpaired) electrons. The molecule has 1 aliphatic rings. The Bertz CT molecular complexity index is 681. The number of nitro groups is 1. The highest BCUT2D eigenvalue weighted by Crippen LogP contribution is 2.31. The maximum Gasteiger partial charge on any atom is 0.332 e. The zero-order valence-electron chi connectivity index (χ0n) is 13.0. The Labute approximate surface area is 133 Å². The molecule has 0 spiro atoms. The fourth-order valence-electron chi connectivity index (χ4n) is 2.75. The lowest BCUT2D eigenvalue weighted by atomic mass is 10.1. The average molecular weight is 317 g/mol. The first-order valence-electron chi connectivity index (χ1n) is 7.69. The minimum atomic E-state index is -0.393. The Hall–Kier alpha value is -2.64. The number of furan rings is 1. The van der Waals surface area contributed by atoms with Crippen LogP contribution < -0.4 is 10.2 Å². The zero-order chi connectivity index (χ0) is 16.2. The number of rotatable bonds is 5. The van der Waals surface area contributed by atoms with Gasteiger partial charge in [0.2, 0.25) is 11.8 Å². The third-order valence-electron chi connectivity index (χ3n) is 3.88. The van der Waals surface area contributed by atoms with E-state index in [2.05, 4.69) is 15.3 Å². The predicted octanol–water partition coefficient (Wildman–Crippen LogP) is 2.89. The number of hydrogen-bond donors (Lipinski definition) is 1. The summed E-state index contributed by atoms with van der Waals surface area (Å²) in [7, 11) is 0. The number of nitrogens with one attached hydrogen (secondary N) is 1. The summed E-state index contributed by atoms with van der Waals surface area (Å²) in [5.41, 5.74) is 0.364. The number of nitrogens with zero attached hydrogens (tertiary/aromatic N) is 4. The second-order valence-corrected chi connectivity index (χ2v) is 5.54. The molecule has 1 aliphatic heterocycles. The molecule has 2 aromatic heterocycles. The molecule has 0 aromatic carbocycles. The Kier molecular flexibility index (Phi) is 4.40. The van der Waals surface area contributed by atoms with E-state index in [-0.39, 0.29) is 5.69 Å². The van der Waals surface area contributed by atoms with Crippen molar-refractivity contribution in [1.82, 2.24) is 9.97 Å². The van der Waals surface area contributed by atoms with Crippen LogP contribution in [0.5, 0.6) is 0 Å². The average Bonchev–Trinajstić information content (AvgIpc) is 3.06. The molecule has 1 N–H and O–H groups in total. The van der Waals surface area contributed by atoms with Crippen molar-refractivity contribution in [3.8, 4) is 0 Å². The molecule has 8 heteroatoms. The van der Waals surface area contributed by atoms with Gasteiger partial charge in [0.1, 0.15) is 11.5 Å². The summed E-state index contributed by atoms with van der Waals surface area (Å²) in [4.78, 5) is 21.6. The van der Waals surface area contributed by atoms with Crippen LogP contribution in [-0.2, 0) is 6.54 Å². The highest BCUT2D eigenvalue weighted by atomic mass is 16.6. The van der Waals surface area contributed by atoms with E-state index in [1.807, 2.05) is 11.0 Å². The van der Waals surface area contributed by atoms with Crippen LogP contribution in [0.25, 0.3) is 0 Å². The third-order valence-corrected chi connectivity index (χ3v) is 3.88.